The molecule has 1 aliphatic carbocycles. The zero-order valence-electron chi connectivity index (χ0n) is 16.2. The van der Waals surface area contributed by atoms with E-state index in [4.69, 9.17) is 0 Å². The third-order valence-corrected chi connectivity index (χ3v) is 5.00. The Morgan fingerprint density at radius 1 is 1.00 bits per heavy atom. The number of benzene rings is 1. The molecule has 8 heteroatoms. The van der Waals surface area contributed by atoms with Gasteiger partial charge in [0.05, 0.1) is 11.4 Å². The van der Waals surface area contributed by atoms with Crippen LogP contribution in [-0.2, 0) is 16.6 Å². The van der Waals surface area contributed by atoms with Crippen molar-refractivity contribution in [2.75, 3.05) is 5.32 Å². The molecule has 0 spiro atoms. The van der Waals surface area contributed by atoms with Gasteiger partial charge in [-0.15, -0.1) is 0 Å². The summed E-state index contributed by atoms with van der Waals surface area (Å²) in [6.07, 6.45) is 6.08. The number of rotatable bonds is 3. The predicted octanol–water partition coefficient (Wildman–Crippen LogP) is 2.25. The van der Waals surface area contributed by atoms with E-state index in [1.165, 1.54) is 4.68 Å². The molecule has 2 N–H and O–H groups in total. The van der Waals surface area contributed by atoms with E-state index in [1.54, 1.807) is 30.8 Å². The first kappa shape index (κ1) is 19.6. The van der Waals surface area contributed by atoms with Gasteiger partial charge in [-0.05, 0) is 44.7 Å². The van der Waals surface area contributed by atoms with Gasteiger partial charge in [0.2, 0.25) is 0 Å². The quantitative estimate of drug-likeness (QED) is 0.483. The van der Waals surface area contributed by atoms with Crippen molar-refractivity contribution in [2.45, 2.75) is 45.4 Å². The van der Waals surface area contributed by atoms with E-state index in [2.05, 4.69) is 15.8 Å². The van der Waals surface area contributed by atoms with Crippen LogP contribution in [0.4, 0.5) is 5.69 Å². The summed E-state index contributed by atoms with van der Waals surface area (Å²) in [5.74, 6) is -1.80. The normalized spacial score (nSPS) is 14.3. The van der Waals surface area contributed by atoms with Gasteiger partial charge in [0, 0.05) is 12.8 Å². The molecule has 0 atom stereocenters. The second-order valence-corrected chi connectivity index (χ2v) is 6.92. The zero-order valence-corrected chi connectivity index (χ0v) is 16.2. The number of para-hydroxylation sites is 1. The summed E-state index contributed by atoms with van der Waals surface area (Å²) in [7, 11) is 1.72. The van der Waals surface area contributed by atoms with Crippen molar-refractivity contribution >= 4 is 23.2 Å². The van der Waals surface area contributed by atoms with E-state index in [9.17, 15) is 14.4 Å². The number of hydrogen-bond acceptors (Lipinski definition) is 4. The summed E-state index contributed by atoms with van der Waals surface area (Å²) in [4.78, 5) is 37.2. The van der Waals surface area contributed by atoms with Crippen LogP contribution in [0.25, 0.3) is 5.69 Å². The van der Waals surface area contributed by atoms with Crippen molar-refractivity contribution in [1.29, 1.82) is 0 Å². The van der Waals surface area contributed by atoms with Gasteiger partial charge in [-0.25, -0.2) is 10.1 Å². The minimum Gasteiger partial charge on any atom is -0.311 e. The Balaban J connectivity index is 1.74. The molecule has 2 aromatic rings. The summed E-state index contributed by atoms with van der Waals surface area (Å²) in [6, 6.07) is 9.09. The van der Waals surface area contributed by atoms with Crippen LogP contribution < -0.4 is 16.3 Å². The molecule has 0 radical (unpaired) electrons. The first-order valence-electron chi connectivity index (χ1n) is 9.50. The smallest absolute Gasteiger partial charge is 0.311 e. The van der Waals surface area contributed by atoms with Gasteiger partial charge in [0.15, 0.2) is 0 Å². The maximum Gasteiger partial charge on any atom is 0.329 e. The number of aromatic nitrogens is 2. The van der Waals surface area contributed by atoms with Crippen molar-refractivity contribution in [2.24, 2.45) is 12.1 Å². The highest BCUT2D eigenvalue weighted by atomic mass is 16.2. The lowest BCUT2D eigenvalue weighted by Crippen LogP contribution is -2.34. The van der Waals surface area contributed by atoms with Gasteiger partial charge in [-0.3, -0.25) is 19.1 Å². The minimum atomic E-state index is -0.913. The molecular weight excluding hydrogens is 358 g/mol. The molecule has 1 aromatic heterocycles. The molecule has 0 bridgehead atoms. The third-order valence-electron chi connectivity index (χ3n) is 5.00. The molecular formula is C20H25N5O3. The van der Waals surface area contributed by atoms with Gasteiger partial charge >= 0.3 is 11.8 Å². The van der Waals surface area contributed by atoms with Crippen LogP contribution in [0.2, 0.25) is 0 Å². The third kappa shape index (κ3) is 4.21. The van der Waals surface area contributed by atoms with E-state index >= 15 is 0 Å². The number of carbonyl (C=O) groups excluding carboxylic acids is 2. The van der Waals surface area contributed by atoms with Crippen molar-refractivity contribution in [3.63, 3.8) is 0 Å². The zero-order chi connectivity index (χ0) is 20.1. The number of anilines is 1. The Morgan fingerprint density at radius 3 is 2.29 bits per heavy atom. The summed E-state index contributed by atoms with van der Waals surface area (Å²) in [5.41, 5.74) is 4.11. The van der Waals surface area contributed by atoms with Crippen LogP contribution in [-0.4, -0.2) is 26.9 Å². The molecule has 1 heterocycles. The summed E-state index contributed by atoms with van der Waals surface area (Å²) < 4.78 is 3.07. The van der Waals surface area contributed by atoms with Crippen LogP contribution >= 0.6 is 0 Å². The largest absolute Gasteiger partial charge is 0.329 e. The van der Waals surface area contributed by atoms with E-state index in [0.717, 1.165) is 44.2 Å². The summed E-state index contributed by atoms with van der Waals surface area (Å²) in [5, 5.41) is 6.52. The Morgan fingerprint density at radius 2 is 1.64 bits per heavy atom. The number of nitrogens with zero attached hydrogens (tertiary/aromatic N) is 3. The summed E-state index contributed by atoms with van der Waals surface area (Å²) in [6.45, 7) is 1.71. The molecule has 1 fully saturated rings. The lowest BCUT2D eigenvalue weighted by atomic mass is 10.2. The maximum absolute atomic E-state index is 12.8. The van der Waals surface area contributed by atoms with Gasteiger partial charge in [-0.2, -0.15) is 5.10 Å². The lowest BCUT2D eigenvalue weighted by Gasteiger charge is -2.07. The molecule has 1 aliphatic rings. The van der Waals surface area contributed by atoms with Crippen LogP contribution in [0.5, 0.6) is 0 Å². The second kappa shape index (κ2) is 8.69. The average molecular weight is 383 g/mol. The Bertz CT molecular complexity index is 946. The number of nitrogens with one attached hydrogen (secondary N) is 2. The molecule has 28 heavy (non-hydrogen) atoms. The molecule has 2 amide bonds. The topological polar surface area (TPSA) is 97.5 Å². The van der Waals surface area contributed by atoms with Crippen molar-refractivity contribution < 1.29 is 9.59 Å². The highest BCUT2D eigenvalue weighted by Crippen LogP contribution is 2.15. The molecule has 1 aromatic carbocycles. The van der Waals surface area contributed by atoms with Gasteiger partial charge in [0.1, 0.15) is 5.69 Å². The van der Waals surface area contributed by atoms with E-state index in [1.807, 2.05) is 18.2 Å². The van der Waals surface area contributed by atoms with E-state index in [0.29, 0.717) is 11.4 Å². The van der Waals surface area contributed by atoms with Crippen molar-refractivity contribution in [3.05, 3.63) is 46.4 Å². The molecule has 1 saturated carbocycles. The van der Waals surface area contributed by atoms with Crippen LogP contribution in [0, 0.1) is 6.92 Å². The van der Waals surface area contributed by atoms with Crippen LogP contribution in [0.3, 0.4) is 0 Å². The first-order valence-corrected chi connectivity index (χ1v) is 9.50. The average Bonchev–Trinajstić information content (AvgIpc) is 2.90. The molecule has 148 valence electrons. The molecule has 0 unspecified atom stereocenters. The maximum atomic E-state index is 12.8. The highest BCUT2D eigenvalue weighted by Gasteiger charge is 2.21. The van der Waals surface area contributed by atoms with Crippen molar-refractivity contribution in [1.82, 2.24) is 14.8 Å². The Kier molecular flexibility index (Phi) is 6.08. The van der Waals surface area contributed by atoms with Gasteiger partial charge in [-0.1, -0.05) is 31.0 Å². The fourth-order valence-corrected chi connectivity index (χ4v) is 3.31. The molecule has 8 nitrogen and oxygen atoms in total. The van der Waals surface area contributed by atoms with Crippen molar-refractivity contribution in [3.8, 4) is 5.69 Å². The van der Waals surface area contributed by atoms with Gasteiger partial charge < -0.3 is 5.32 Å². The standard InChI is InChI=1S/C20H25N5O3/c1-14-17(20(28)25(24(14)2)16-12-8-5-9-13-16)21-18(26)19(27)23-22-15-10-6-3-4-7-11-15/h5,8-9,12-13H,3-4,6-7,10-11H2,1-2H3,(H,21,26)(H,23,27). The number of hydrogen-bond donors (Lipinski definition) is 2. The van der Waals surface area contributed by atoms with Gasteiger partial charge in [0.25, 0.3) is 5.56 Å². The number of amides is 2. The number of hydrazone groups is 1. The predicted molar refractivity (Wildman–Crippen MR) is 108 cm³/mol. The molecule has 3 rings (SSSR count). The lowest BCUT2D eigenvalue weighted by molar-refractivity contribution is -0.136. The Hall–Kier alpha value is -3.16. The van der Waals surface area contributed by atoms with E-state index < -0.39 is 17.4 Å². The monoisotopic (exact) mass is 383 g/mol. The van der Waals surface area contributed by atoms with Crippen LogP contribution in [0.15, 0.2) is 40.2 Å². The number of carbonyl (C=O) groups is 2. The summed E-state index contributed by atoms with van der Waals surface area (Å²) >= 11 is 0. The second-order valence-electron chi connectivity index (χ2n) is 6.92. The highest BCUT2D eigenvalue weighted by molar-refractivity contribution is 6.39. The Labute approximate surface area is 163 Å². The fraction of sp³-hybridized carbons (Fsp3) is 0.400. The molecule has 0 saturated heterocycles. The first-order chi connectivity index (χ1) is 13.5. The molecule has 0 aliphatic heterocycles. The SMILES string of the molecule is Cc1c(NC(=O)C(=O)NN=C2CCCCCC2)c(=O)n(-c2ccccc2)n1C. The fourth-order valence-electron chi connectivity index (χ4n) is 3.31. The van der Waals surface area contributed by atoms with Crippen LogP contribution in [0.1, 0.15) is 44.2 Å². The minimum absolute atomic E-state index is 0.0774. The van der Waals surface area contributed by atoms with E-state index in [-0.39, 0.29) is 5.69 Å².